The number of β-amino-alcohol motifs (C(OH)–C–C–N with tert-alkyl or cyclic N) is 1. The molecule has 0 saturated carbocycles. The van der Waals surface area contributed by atoms with Gasteiger partial charge >= 0.3 is 0 Å². The molecule has 0 radical (unpaired) electrons. The number of nitrogens with zero attached hydrogens (tertiary/aromatic N) is 2. The van der Waals surface area contributed by atoms with Gasteiger partial charge in [-0.1, -0.05) is 5.92 Å². The van der Waals surface area contributed by atoms with E-state index in [4.69, 9.17) is 5.11 Å². The lowest BCUT2D eigenvalue weighted by Crippen LogP contribution is -2.47. The van der Waals surface area contributed by atoms with Crippen LogP contribution in [0.25, 0.3) is 0 Å². The van der Waals surface area contributed by atoms with Crippen molar-refractivity contribution in [3.05, 3.63) is 0 Å². The summed E-state index contributed by atoms with van der Waals surface area (Å²) in [4.78, 5) is 4.23. The maximum atomic E-state index is 9.25. The average molecular weight is 198 g/mol. The topological polar surface area (TPSA) is 46.9 Å². The van der Waals surface area contributed by atoms with Gasteiger partial charge in [0.05, 0.1) is 12.7 Å². The number of aliphatic hydroxyl groups is 2. The molecule has 14 heavy (non-hydrogen) atoms. The molecule has 2 N–H and O–H groups in total. The van der Waals surface area contributed by atoms with E-state index in [-0.39, 0.29) is 6.61 Å². The zero-order valence-corrected chi connectivity index (χ0v) is 8.61. The molecule has 0 aromatic heterocycles. The molecular formula is C10H18N2O2. The van der Waals surface area contributed by atoms with Crippen molar-refractivity contribution in [2.75, 3.05) is 39.3 Å². The highest BCUT2D eigenvalue weighted by Gasteiger charge is 2.16. The summed E-state index contributed by atoms with van der Waals surface area (Å²) in [5.74, 6) is 2.87. The van der Waals surface area contributed by atoms with Crippen molar-refractivity contribution in [1.82, 2.24) is 9.80 Å². The Kier molecular flexibility index (Phi) is 4.74. The van der Waals surface area contributed by atoms with Crippen LogP contribution in [-0.2, 0) is 0 Å². The van der Waals surface area contributed by atoms with E-state index < -0.39 is 6.10 Å². The Morgan fingerprint density at radius 1 is 1.29 bits per heavy atom. The molecule has 4 heteroatoms. The van der Waals surface area contributed by atoms with Crippen molar-refractivity contribution in [3.8, 4) is 12.0 Å². The third-order valence-electron chi connectivity index (χ3n) is 2.32. The Labute approximate surface area is 85.1 Å². The van der Waals surface area contributed by atoms with Crippen LogP contribution in [-0.4, -0.2) is 65.4 Å². The molecule has 0 aliphatic carbocycles. The quantitative estimate of drug-likeness (QED) is 0.567. The Hall–Kier alpha value is -0.760. The normalized spacial score (nSPS) is 20.1. The first-order valence-electron chi connectivity index (χ1n) is 4.95. The zero-order chi connectivity index (χ0) is 10.4. The third kappa shape index (κ3) is 3.54. The molecule has 0 spiro atoms. The van der Waals surface area contributed by atoms with Gasteiger partial charge in [0, 0.05) is 38.8 Å². The van der Waals surface area contributed by atoms with Gasteiger partial charge in [0.15, 0.2) is 0 Å². The minimum atomic E-state index is -0.612. The van der Waals surface area contributed by atoms with Crippen LogP contribution in [0.3, 0.4) is 0 Å². The molecule has 1 heterocycles. The van der Waals surface area contributed by atoms with Crippen LogP contribution in [0.2, 0.25) is 0 Å². The van der Waals surface area contributed by atoms with E-state index in [0.717, 1.165) is 26.2 Å². The van der Waals surface area contributed by atoms with Gasteiger partial charge in [-0.2, -0.15) is 0 Å². The average Bonchev–Trinajstić information content (AvgIpc) is 2.21. The maximum absolute atomic E-state index is 9.25. The molecule has 1 rings (SSSR count). The summed E-state index contributed by atoms with van der Waals surface area (Å²) < 4.78 is 0. The fourth-order valence-corrected chi connectivity index (χ4v) is 1.56. The molecule has 1 fully saturated rings. The second-order valence-corrected chi connectivity index (χ2v) is 3.49. The van der Waals surface area contributed by atoms with Crippen LogP contribution in [0, 0.1) is 12.0 Å². The van der Waals surface area contributed by atoms with Crippen molar-refractivity contribution < 1.29 is 10.2 Å². The van der Waals surface area contributed by atoms with E-state index in [2.05, 4.69) is 21.8 Å². The number of aliphatic hydroxyl groups excluding tert-OH is 2. The van der Waals surface area contributed by atoms with Crippen LogP contribution in [0.1, 0.15) is 6.92 Å². The smallest absolute Gasteiger partial charge is 0.0897 e. The van der Waals surface area contributed by atoms with Crippen LogP contribution >= 0.6 is 0 Å². The van der Waals surface area contributed by atoms with Crippen molar-refractivity contribution >= 4 is 0 Å². The first-order chi connectivity index (χ1) is 6.76. The summed E-state index contributed by atoms with van der Waals surface area (Å²) in [5.41, 5.74) is 0. The number of rotatable bonds is 3. The van der Waals surface area contributed by atoms with E-state index in [9.17, 15) is 5.11 Å². The first-order valence-corrected chi connectivity index (χ1v) is 4.95. The Balaban J connectivity index is 2.24. The predicted octanol–water partition coefficient (Wildman–Crippen LogP) is -1.06. The molecule has 1 aliphatic rings. The molecule has 1 saturated heterocycles. The summed E-state index contributed by atoms with van der Waals surface area (Å²) in [6, 6.07) is 3.02. The number of piperazine rings is 1. The highest BCUT2D eigenvalue weighted by Crippen LogP contribution is 2.01. The molecule has 1 atom stereocenters. The van der Waals surface area contributed by atoms with Gasteiger partial charge in [-0.25, -0.2) is 0 Å². The predicted molar refractivity (Wildman–Crippen MR) is 54.6 cm³/mol. The van der Waals surface area contributed by atoms with Crippen LogP contribution in [0.15, 0.2) is 0 Å². The summed E-state index contributed by atoms with van der Waals surface area (Å²) in [5, 5.41) is 17.9. The summed E-state index contributed by atoms with van der Waals surface area (Å²) >= 11 is 0. The van der Waals surface area contributed by atoms with Gasteiger partial charge < -0.3 is 15.1 Å². The van der Waals surface area contributed by atoms with Crippen molar-refractivity contribution in [2.45, 2.75) is 13.0 Å². The van der Waals surface area contributed by atoms with Gasteiger partial charge in [-0.15, -0.1) is 0 Å². The standard InChI is InChI=1S/C10H18N2O2/c1-2-3-11-4-6-12(7-5-11)8-10(14)9-13/h10,13-14H,4-9H2,1H3. The van der Waals surface area contributed by atoms with Crippen LogP contribution in [0.5, 0.6) is 0 Å². The lowest BCUT2D eigenvalue weighted by molar-refractivity contribution is 0.0469. The van der Waals surface area contributed by atoms with Gasteiger partial charge in [-0.05, 0) is 6.92 Å². The van der Waals surface area contributed by atoms with Crippen molar-refractivity contribution in [3.63, 3.8) is 0 Å². The zero-order valence-electron chi connectivity index (χ0n) is 8.61. The lowest BCUT2D eigenvalue weighted by Gasteiger charge is -2.33. The van der Waals surface area contributed by atoms with E-state index in [1.54, 1.807) is 0 Å². The van der Waals surface area contributed by atoms with Crippen LogP contribution < -0.4 is 0 Å². The Morgan fingerprint density at radius 2 is 1.93 bits per heavy atom. The van der Waals surface area contributed by atoms with Gasteiger partial charge in [0.2, 0.25) is 0 Å². The largest absolute Gasteiger partial charge is 0.394 e. The van der Waals surface area contributed by atoms with Crippen molar-refractivity contribution in [1.29, 1.82) is 0 Å². The fraction of sp³-hybridized carbons (Fsp3) is 0.800. The number of hydrogen-bond acceptors (Lipinski definition) is 4. The summed E-state index contributed by atoms with van der Waals surface area (Å²) in [6.07, 6.45) is -0.612. The van der Waals surface area contributed by atoms with E-state index in [0.29, 0.717) is 6.54 Å². The molecular weight excluding hydrogens is 180 g/mol. The SMILES string of the molecule is CC#CN1CCN(CC(O)CO)CC1. The molecule has 1 aliphatic heterocycles. The fourth-order valence-electron chi connectivity index (χ4n) is 1.56. The third-order valence-corrected chi connectivity index (χ3v) is 2.32. The summed E-state index contributed by atoms with van der Waals surface area (Å²) in [7, 11) is 0. The molecule has 4 nitrogen and oxygen atoms in total. The summed E-state index contributed by atoms with van der Waals surface area (Å²) in [6.45, 7) is 5.89. The van der Waals surface area contributed by atoms with Crippen molar-refractivity contribution in [2.24, 2.45) is 0 Å². The minimum absolute atomic E-state index is 0.158. The van der Waals surface area contributed by atoms with Gasteiger partial charge in [0.25, 0.3) is 0 Å². The monoisotopic (exact) mass is 198 g/mol. The van der Waals surface area contributed by atoms with Gasteiger partial charge in [-0.3, -0.25) is 4.90 Å². The molecule has 0 bridgehead atoms. The molecule has 0 aromatic rings. The van der Waals surface area contributed by atoms with E-state index >= 15 is 0 Å². The minimum Gasteiger partial charge on any atom is -0.394 e. The highest BCUT2D eigenvalue weighted by atomic mass is 16.3. The second kappa shape index (κ2) is 5.86. The van der Waals surface area contributed by atoms with E-state index in [1.807, 2.05) is 6.92 Å². The molecule has 1 unspecified atom stereocenters. The molecule has 80 valence electrons. The Bertz CT molecular complexity index is 214. The Morgan fingerprint density at radius 3 is 2.43 bits per heavy atom. The molecule has 0 amide bonds. The van der Waals surface area contributed by atoms with Crippen LogP contribution in [0.4, 0.5) is 0 Å². The van der Waals surface area contributed by atoms with Gasteiger partial charge in [0.1, 0.15) is 0 Å². The second-order valence-electron chi connectivity index (χ2n) is 3.49. The first kappa shape index (κ1) is 11.3. The lowest BCUT2D eigenvalue weighted by atomic mass is 10.3. The highest BCUT2D eigenvalue weighted by molar-refractivity contribution is 4.96. The van der Waals surface area contributed by atoms with E-state index in [1.165, 1.54) is 0 Å². The molecule has 0 aromatic carbocycles. The maximum Gasteiger partial charge on any atom is 0.0897 e. The number of hydrogen-bond donors (Lipinski definition) is 2.